The monoisotopic (exact) mass is 477 g/mol. The van der Waals surface area contributed by atoms with E-state index in [1.54, 1.807) is 14.2 Å². The van der Waals surface area contributed by atoms with E-state index in [-0.39, 0.29) is 0 Å². The Morgan fingerprint density at radius 2 is 1.66 bits per heavy atom. The number of benzene rings is 1. The van der Waals surface area contributed by atoms with E-state index in [4.69, 9.17) is 19.3 Å². The zero-order chi connectivity index (χ0) is 24.4. The molecule has 35 heavy (non-hydrogen) atoms. The molecule has 2 aromatic heterocycles. The standard InChI is InChI=1S/C29H39N3O3/c1-5-23-29(31(18-21-8-6-9-21)19-22-12-14-35-15-13-22)25-11-7-10-24(32(25)30-23)28-26(33-3)16-20(2)17-27(28)34-4/h7,10-11,16-17,21-22H,5-6,8-9,12-15,18-19H2,1-4H3. The molecule has 1 aliphatic heterocycles. The van der Waals surface area contributed by atoms with Crippen LogP contribution < -0.4 is 14.4 Å². The highest BCUT2D eigenvalue weighted by Gasteiger charge is 2.28. The van der Waals surface area contributed by atoms with Crippen molar-refractivity contribution >= 4 is 11.2 Å². The van der Waals surface area contributed by atoms with Crippen LogP contribution >= 0.6 is 0 Å². The van der Waals surface area contributed by atoms with Gasteiger partial charge < -0.3 is 19.1 Å². The van der Waals surface area contributed by atoms with Crippen LogP contribution in [0.5, 0.6) is 11.5 Å². The highest BCUT2D eigenvalue weighted by Crippen LogP contribution is 2.41. The van der Waals surface area contributed by atoms with Crippen molar-refractivity contribution in [1.29, 1.82) is 0 Å². The second-order valence-corrected chi connectivity index (χ2v) is 10.2. The molecule has 0 atom stereocenters. The first-order valence-electron chi connectivity index (χ1n) is 13.2. The number of ether oxygens (including phenoxy) is 3. The number of nitrogens with zero attached hydrogens (tertiary/aromatic N) is 3. The molecule has 0 bridgehead atoms. The fourth-order valence-corrected chi connectivity index (χ4v) is 5.66. The van der Waals surface area contributed by atoms with E-state index in [0.29, 0.717) is 5.92 Å². The molecular formula is C29H39N3O3. The summed E-state index contributed by atoms with van der Waals surface area (Å²) in [6.07, 6.45) is 7.23. The number of rotatable bonds is 9. The maximum absolute atomic E-state index is 5.81. The van der Waals surface area contributed by atoms with Crippen molar-refractivity contribution in [3.8, 4) is 22.8 Å². The maximum Gasteiger partial charge on any atom is 0.132 e. The molecule has 3 heterocycles. The smallest absolute Gasteiger partial charge is 0.132 e. The molecule has 2 aliphatic rings. The van der Waals surface area contributed by atoms with Crippen molar-refractivity contribution < 1.29 is 14.2 Å². The van der Waals surface area contributed by atoms with Gasteiger partial charge in [0.2, 0.25) is 0 Å². The Morgan fingerprint density at radius 1 is 1.00 bits per heavy atom. The molecule has 1 aromatic carbocycles. The minimum atomic E-state index is 0.670. The summed E-state index contributed by atoms with van der Waals surface area (Å²) in [7, 11) is 3.44. The zero-order valence-corrected chi connectivity index (χ0v) is 21.7. The number of aromatic nitrogens is 2. The Kier molecular flexibility index (Phi) is 7.19. The molecule has 6 heteroatoms. The van der Waals surface area contributed by atoms with Gasteiger partial charge in [0.25, 0.3) is 0 Å². The van der Waals surface area contributed by atoms with Crippen LogP contribution in [0.4, 0.5) is 5.69 Å². The average Bonchev–Trinajstić information content (AvgIpc) is 3.24. The fourth-order valence-electron chi connectivity index (χ4n) is 5.66. The molecular weight excluding hydrogens is 438 g/mol. The molecule has 1 aliphatic carbocycles. The van der Waals surface area contributed by atoms with Gasteiger partial charge in [0.1, 0.15) is 11.5 Å². The molecule has 0 amide bonds. The number of aryl methyl sites for hydroxylation is 2. The molecule has 0 unspecified atom stereocenters. The third-order valence-corrected chi connectivity index (χ3v) is 7.78. The summed E-state index contributed by atoms with van der Waals surface area (Å²) in [5, 5.41) is 5.19. The summed E-state index contributed by atoms with van der Waals surface area (Å²) in [6.45, 7) is 8.24. The number of hydrogen-bond donors (Lipinski definition) is 0. The molecule has 3 aromatic rings. The third kappa shape index (κ3) is 4.73. The molecule has 1 saturated carbocycles. The van der Waals surface area contributed by atoms with Gasteiger partial charge in [0.15, 0.2) is 0 Å². The minimum absolute atomic E-state index is 0.670. The lowest BCUT2D eigenvalue weighted by molar-refractivity contribution is 0.0678. The highest BCUT2D eigenvalue weighted by molar-refractivity contribution is 5.82. The van der Waals surface area contributed by atoms with Crippen LogP contribution in [0.15, 0.2) is 30.3 Å². The van der Waals surface area contributed by atoms with Crippen molar-refractivity contribution in [2.75, 3.05) is 45.4 Å². The Bertz CT molecular complexity index is 1140. The summed E-state index contributed by atoms with van der Waals surface area (Å²) < 4.78 is 19.4. The summed E-state index contributed by atoms with van der Waals surface area (Å²) in [4.78, 5) is 2.66. The molecule has 1 saturated heterocycles. The molecule has 0 radical (unpaired) electrons. The van der Waals surface area contributed by atoms with Crippen LogP contribution in [0.3, 0.4) is 0 Å². The molecule has 0 N–H and O–H groups in total. The summed E-state index contributed by atoms with van der Waals surface area (Å²) in [5.74, 6) is 3.06. The highest BCUT2D eigenvalue weighted by atomic mass is 16.5. The first-order valence-corrected chi connectivity index (χ1v) is 13.2. The van der Waals surface area contributed by atoms with Crippen molar-refractivity contribution in [2.24, 2.45) is 11.8 Å². The van der Waals surface area contributed by atoms with E-state index in [9.17, 15) is 0 Å². The van der Waals surface area contributed by atoms with E-state index >= 15 is 0 Å². The topological polar surface area (TPSA) is 48.2 Å². The molecule has 0 spiro atoms. The zero-order valence-electron chi connectivity index (χ0n) is 21.7. The Hall–Kier alpha value is -2.73. The second kappa shape index (κ2) is 10.5. The van der Waals surface area contributed by atoms with Gasteiger partial charge in [-0.3, -0.25) is 0 Å². The van der Waals surface area contributed by atoms with Gasteiger partial charge in [-0.05, 0) is 80.7 Å². The SMILES string of the molecule is CCc1nn2c(-c3c(OC)cc(C)cc3OC)cccc2c1N(CC1CCC1)CC1CCOCC1. The lowest BCUT2D eigenvalue weighted by Crippen LogP contribution is -2.38. The first kappa shape index (κ1) is 24.0. The van der Waals surface area contributed by atoms with Crippen LogP contribution in [-0.4, -0.2) is 50.1 Å². The van der Waals surface area contributed by atoms with E-state index < -0.39 is 0 Å². The van der Waals surface area contributed by atoms with E-state index in [1.165, 1.54) is 24.9 Å². The van der Waals surface area contributed by atoms with Crippen molar-refractivity contribution in [1.82, 2.24) is 9.61 Å². The Morgan fingerprint density at radius 3 is 2.23 bits per heavy atom. The molecule has 2 fully saturated rings. The van der Waals surface area contributed by atoms with Crippen LogP contribution in [0, 0.1) is 18.8 Å². The number of methoxy groups -OCH3 is 2. The lowest BCUT2D eigenvalue weighted by Gasteiger charge is -2.36. The minimum Gasteiger partial charge on any atom is -0.496 e. The van der Waals surface area contributed by atoms with E-state index in [0.717, 1.165) is 91.0 Å². The van der Waals surface area contributed by atoms with E-state index in [2.05, 4.69) is 53.6 Å². The maximum atomic E-state index is 5.81. The van der Waals surface area contributed by atoms with E-state index in [1.807, 2.05) is 0 Å². The average molecular weight is 478 g/mol. The van der Waals surface area contributed by atoms with Gasteiger partial charge in [-0.2, -0.15) is 5.10 Å². The van der Waals surface area contributed by atoms with Crippen molar-refractivity contribution in [3.05, 3.63) is 41.6 Å². The summed E-state index contributed by atoms with van der Waals surface area (Å²) in [6, 6.07) is 10.6. The van der Waals surface area contributed by atoms with Gasteiger partial charge in [-0.1, -0.05) is 19.4 Å². The molecule has 6 nitrogen and oxygen atoms in total. The summed E-state index contributed by atoms with van der Waals surface area (Å²) >= 11 is 0. The van der Waals surface area contributed by atoms with Crippen molar-refractivity contribution in [3.63, 3.8) is 0 Å². The largest absolute Gasteiger partial charge is 0.496 e. The van der Waals surface area contributed by atoms with Crippen LogP contribution in [0.25, 0.3) is 16.8 Å². The Balaban J connectivity index is 1.63. The number of pyridine rings is 1. The van der Waals surface area contributed by atoms with Crippen LogP contribution in [0.2, 0.25) is 0 Å². The predicted octanol–water partition coefficient (Wildman–Crippen LogP) is 5.92. The number of fused-ring (bicyclic) bond motifs is 1. The van der Waals surface area contributed by atoms with Crippen LogP contribution in [0.1, 0.15) is 50.3 Å². The van der Waals surface area contributed by atoms with Crippen molar-refractivity contribution in [2.45, 2.75) is 52.4 Å². The number of anilines is 1. The van der Waals surface area contributed by atoms with Crippen LogP contribution in [-0.2, 0) is 11.2 Å². The normalized spacial score (nSPS) is 16.9. The second-order valence-electron chi connectivity index (χ2n) is 10.2. The van der Waals surface area contributed by atoms with Gasteiger partial charge in [0, 0.05) is 26.3 Å². The predicted molar refractivity (Wildman–Crippen MR) is 141 cm³/mol. The third-order valence-electron chi connectivity index (χ3n) is 7.78. The van der Waals surface area contributed by atoms with Gasteiger partial charge >= 0.3 is 0 Å². The fraction of sp³-hybridized carbons (Fsp3) is 0.552. The van der Waals surface area contributed by atoms with Gasteiger partial charge in [-0.25, -0.2) is 4.52 Å². The quantitative estimate of drug-likeness (QED) is 0.383. The molecule has 5 rings (SSSR count). The molecule has 188 valence electrons. The Labute approximate surface area is 209 Å². The summed E-state index contributed by atoms with van der Waals surface area (Å²) in [5.41, 5.74) is 6.67. The lowest BCUT2D eigenvalue weighted by atomic mass is 9.84. The van der Waals surface area contributed by atoms with Gasteiger partial charge in [0.05, 0.1) is 42.4 Å². The number of hydrogen-bond acceptors (Lipinski definition) is 5. The van der Waals surface area contributed by atoms with Gasteiger partial charge in [-0.15, -0.1) is 0 Å². The first-order chi connectivity index (χ1) is 17.1.